The van der Waals surface area contributed by atoms with Gasteiger partial charge in [0, 0.05) is 19.2 Å². The fourth-order valence-electron chi connectivity index (χ4n) is 3.31. The van der Waals surface area contributed by atoms with Gasteiger partial charge >= 0.3 is 0 Å². The number of hydrogen-bond acceptors (Lipinski definition) is 8. The van der Waals surface area contributed by atoms with Crippen LogP contribution < -0.4 is 21.1 Å². The van der Waals surface area contributed by atoms with E-state index in [4.69, 9.17) is 44.4 Å². The molecule has 1 fully saturated rings. The summed E-state index contributed by atoms with van der Waals surface area (Å²) >= 11 is 12.1. The maximum Gasteiger partial charge on any atom is 0.243 e. The highest BCUT2D eigenvalue weighted by Crippen LogP contribution is 2.34. The molecule has 0 radical (unpaired) electrons. The van der Waals surface area contributed by atoms with Crippen molar-refractivity contribution in [2.45, 2.75) is 26.3 Å². The zero-order chi connectivity index (χ0) is 19.9. The third-order valence-electron chi connectivity index (χ3n) is 5.30. The SMILES string of the molecule is CC1(CN)CCN(c2cnc3c(n2)CN=C3Oc2cc(N)nc(Cl)c2Cl)CC1. The van der Waals surface area contributed by atoms with Crippen LogP contribution in [0.5, 0.6) is 5.75 Å². The predicted octanol–water partition coefficient (Wildman–Crippen LogP) is 2.67. The smallest absolute Gasteiger partial charge is 0.243 e. The van der Waals surface area contributed by atoms with Gasteiger partial charge in [0.1, 0.15) is 22.4 Å². The molecule has 10 heteroatoms. The van der Waals surface area contributed by atoms with Crippen LogP contribution in [0.15, 0.2) is 17.3 Å². The number of aliphatic imine (C=N–C) groups is 1. The van der Waals surface area contributed by atoms with Crippen molar-refractivity contribution >= 4 is 40.7 Å². The number of aromatic nitrogens is 3. The van der Waals surface area contributed by atoms with Gasteiger partial charge in [-0.15, -0.1) is 0 Å². The number of nitrogen functional groups attached to an aromatic ring is 1. The summed E-state index contributed by atoms with van der Waals surface area (Å²) in [5.74, 6) is 1.68. The number of halogens is 2. The van der Waals surface area contributed by atoms with Crippen molar-refractivity contribution in [2.75, 3.05) is 30.3 Å². The van der Waals surface area contributed by atoms with E-state index in [9.17, 15) is 0 Å². The molecule has 0 unspecified atom stereocenters. The van der Waals surface area contributed by atoms with Crippen LogP contribution in [0.25, 0.3) is 0 Å². The first-order chi connectivity index (χ1) is 13.4. The Hall–Kier alpha value is -2.16. The fourth-order valence-corrected chi connectivity index (χ4v) is 3.64. The van der Waals surface area contributed by atoms with E-state index in [1.54, 1.807) is 6.20 Å². The van der Waals surface area contributed by atoms with Crippen LogP contribution in [0, 0.1) is 5.41 Å². The molecule has 0 bridgehead atoms. The molecule has 0 saturated carbocycles. The Bertz CT molecular complexity index is 942. The quantitative estimate of drug-likeness (QED) is 0.731. The van der Waals surface area contributed by atoms with E-state index < -0.39 is 0 Å². The molecular formula is C18H21Cl2N7O. The van der Waals surface area contributed by atoms with Crippen molar-refractivity contribution in [3.8, 4) is 5.75 Å². The average molecular weight is 422 g/mol. The van der Waals surface area contributed by atoms with Gasteiger partial charge in [-0.3, -0.25) is 0 Å². The van der Waals surface area contributed by atoms with Crippen LogP contribution in [0.1, 0.15) is 31.2 Å². The number of anilines is 2. The lowest BCUT2D eigenvalue weighted by atomic mass is 9.80. The molecule has 1 saturated heterocycles. The Morgan fingerprint density at radius 3 is 2.71 bits per heavy atom. The lowest BCUT2D eigenvalue weighted by molar-refractivity contribution is 0.258. The molecule has 2 aromatic rings. The van der Waals surface area contributed by atoms with Crippen molar-refractivity contribution in [1.29, 1.82) is 0 Å². The van der Waals surface area contributed by atoms with Gasteiger partial charge in [-0.25, -0.2) is 19.9 Å². The molecule has 2 aromatic heterocycles. The van der Waals surface area contributed by atoms with Crippen molar-refractivity contribution in [1.82, 2.24) is 15.0 Å². The average Bonchev–Trinajstić information content (AvgIpc) is 3.08. The molecular weight excluding hydrogens is 401 g/mol. The van der Waals surface area contributed by atoms with Crippen LogP contribution in [0.3, 0.4) is 0 Å². The molecule has 0 amide bonds. The number of hydrogen-bond donors (Lipinski definition) is 2. The van der Waals surface area contributed by atoms with Crippen molar-refractivity contribution < 1.29 is 4.74 Å². The lowest BCUT2D eigenvalue weighted by Gasteiger charge is -2.39. The first-order valence-corrected chi connectivity index (χ1v) is 9.79. The normalized spacial score (nSPS) is 18.0. The summed E-state index contributed by atoms with van der Waals surface area (Å²) in [7, 11) is 0. The molecule has 2 aliphatic rings. The molecule has 0 aromatic carbocycles. The molecule has 0 atom stereocenters. The predicted molar refractivity (Wildman–Crippen MR) is 110 cm³/mol. The minimum atomic E-state index is 0.0755. The molecule has 4 rings (SSSR count). The van der Waals surface area contributed by atoms with Gasteiger partial charge in [0.25, 0.3) is 0 Å². The summed E-state index contributed by atoms with van der Waals surface area (Å²) in [4.78, 5) is 19.8. The van der Waals surface area contributed by atoms with Crippen molar-refractivity contribution in [3.05, 3.63) is 33.8 Å². The Balaban J connectivity index is 1.51. The van der Waals surface area contributed by atoms with Crippen LogP contribution in [0.4, 0.5) is 11.6 Å². The Labute approximate surface area is 172 Å². The van der Waals surface area contributed by atoms with Gasteiger partial charge in [-0.05, 0) is 24.8 Å². The highest BCUT2D eigenvalue weighted by atomic mass is 35.5. The van der Waals surface area contributed by atoms with Crippen LogP contribution in [-0.4, -0.2) is 40.5 Å². The van der Waals surface area contributed by atoms with Crippen LogP contribution in [0.2, 0.25) is 10.2 Å². The summed E-state index contributed by atoms with van der Waals surface area (Å²) in [5.41, 5.74) is 13.2. The molecule has 148 valence electrons. The van der Waals surface area contributed by atoms with E-state index in [1.807, 2.05) is 0 Å². The summed E-state index contributed by atoms with van der Waals surface area (Å²) in [6.07, 6.45) is 3.83. The Morgan fingerprint density at radius 2 is 2.00 bits per heavy atom. The first kappa shape index (κ1) is 19.2. The number of nitrogens with two attached hydrogens (primary N) is 2. The Kier molecular flexibility index (Phi) is 5.03. The fraction of sp³-hybridized carbons (Fsp3) is 0.444. The molecule has 0 spiro atoms. The monoisotopic (exact) mass is 421 g/mol. The van der Waals surface area contributed by atoms with Crippen LogP contribution in [-0.2, 0) is 6.54 Å². The summed E-state index contributed by atoms with van der Waals surface area (Å²) < 4.78 is 5.81. The van der Waals surface area contributed by atoms with Gasteiger partial charge in [-0.2, -0.15) is 0 Å². The van der Waals surface area contributed by atoms with Crippen LogP contribution >= 0.6 is 23.2 Å². The molecule has 4 heterocycles. The highest BCUT2D eigenvalue weighted by molar-refractivity contribution is 6.42. The minimum Gasteiger partial charge on any atom is -0.435 e. The maximum absolute atomic E-state index is 6.15. The zero-order valence-electron chi connectivity index (χ0n) is 15.5. The minimum absolute atomic E-state index is 0.0755. The van der Waals surface area contributed by atoms with E-state index in [2.05, 4.69) is 26.8 Å². The van der Waals surface area contributed by atoms with Gasteiger partial charge in [0.05, 0.1) is 18.4 Å². The second kappa shape index (κ2) is 7.35. The third-order valence-corrected chi connectivity index (χ3v) is 6.04. The summed E-state index contributed by atoms with van der Waals surface area (Å²) in [6.45, 7) is 5.16. The van der Waals surface area contributed by atoms with Crippen molar-refractivity contribution in [2.24, 2.45) is 16.1 Å². The summed E-state index contributed by atoms with van der Waals surface area (Å²) in [5, 5.41) is 0.249. The largest absolute Gasteiger partial charge is 0.435 e. The number of piperidine rings is 1. The van der Waals surface area contributed by atoms with E-state index in [0.717, 1.165) is 37.4 Å². The van der Waals surface area contributed by atoms with E-state index >= 15 is 0 Å². The van der Waals surface area contributed by atoms with Crippen molar-refractivity contribution in [3.63, 3.8) is 0 Å². The van der Waals surface area contributed by atoms with E-state index in [1.165, 1.54) is 6.07 Å². The standard InChI is InChI=1S/C18H21Cl2N7O/c1-18(9-21)2-4-27(5-3-18)13-8-23-15-10(25-13)7-24-17(15)28-11-6-12(22)26-16(20)14(11)19/h6,8H,2-5,7,9,21H2,1H3,(H2,22,26). The molecule has 4 N–H and O–H groups in total. The topological polar surface area (TPSA) is 116 Å². The molecule has 8 nitrogen and oxygen atoms in total. The molecule has 2 aliphatic heterocycles. The second-order valence-corrected chi connectivity index (χ2v) is 8.13. The Morgan fingerprint density at radius 1 is 1.25 bits per heavy atom. The van der Waals surface area contributed by atoms with Gasteiger partial charge in [-0.1, -0.05) is 30.1 Å². The zero-order valence-corrected chi connectivity index (χ0v) is 17.0. The molecule has 0 aliphatic carbocycles. The molecule has 28 heavy (non-hydrogen) atoms. The van der Waals surface area contributed by atoms with E-state index in [0.29, 0.717) is 24.7 Å². The van der Waals surface area contributed by atoms with Gasteiger partial charge in [0.2, 0.25) is 5.90 Å². The third kappa shape index (κ3) is 3.59. The van der Waals surface area contributed by atoms with Gasteiger partial charge in [0.15, 0.2) is 10.9 Å². The number of fused-ring (bicyclic) bond motifs is 1. The number of rotatable bonds is 3. The number of nitrogens with zero attached hydrogens (tertiary/aromatic N) is 5. The number of pyridine rings is 1. The van der Waals surface area contributed by atoms with E-state index in [-0.39, 0.29) is 27.2 Å². The summed E-state index contributed by atoms with van der Waals surface area (Å²) in [6, 6.07) is 1.50. The number of ether oxygens (including phenoxy) is 1. The van der Waals surface area contributed by atoms with Gasteiger partial charge < -0.3 is 21.1 Å². The highest BCUT2D eigenvalue weighted by Gasteiger charge is 2.30. The maximum atomic E-state index is 6.15. The second-order valence-electron chi connectivity index (χ2n) is 7.40. The lowest BCUT2D eigenvalue weighted by Crippen LogP contribution is -2.42. The first-order valence-electron chi connectivity index (χ1n) is 9.04.